The molecule has 0 aromatic heterocycles. The van der Waals surface area contributed by atoms with E-state index in [0.717, 1.165) is 25.5 Å². The van der Waals surface area contributed by atoms with Gasteiger partial charge < -0.3 is 10.2 Å². The molecule has 1 aliphatic rings. The predicted octanol–water partition coefficient (Wildman–Crippen LogP) is 3.29. The van der Waals surface area contributed by atoms with Gasteiger partial charge in [-0.05, 0) is 37.6 Å². The fraction of sp³-hybridized carbons (Fsp3) is 0.500. The average molecular weight is 365 g/mol. The number of likely N-dealkylation sites (N-methyl/N-ethyl adjacent to an activating group) is 1. The Kier molecular flexibility index (Phi) is 4.93. The lowest BCUT2D eigenvalue weighted by Crippen LogP contribution is -2.47. The number of nitrogens with zero attached hydrogens (tertiary/aromatic N) is 1. The van der Waals surface area contributed by atoms with E-state index in [2.05, 4.69) is 21.2 Å². The highest BCUT2D eigenvalue weighted by atomic mass is 79.9. The Hall–Kier alpha value is -1.08. The molecule has 1 fully saturated rings. The summed E-state index contributed by atoms with van der Waals surface area (Å²) in [6.07, 6.45) is -2.84. The van der Waals surface area contributed by atoms with Gasteiger partial charge in [0, 0.05) is 24.1 Å². The van der Waals surface area contributed by atoms with Gasteiger partial charge in [0.1, 0.15) is 0 Å². The molecule has 0 bridgehead atoms. The summed E-state index contributed by atoms with van der Waals surface area (Å²) in [5.74, 6) is -0.594. The van der Waals surface area contributed by atoms with Crippen LogP contribution in [0.4, 0.5) is 13.2 Å². The van der Waals surface area contributed by atoms with E-state index in [4.69, 9.17) is 0 Å². The van der Waals surface area contributed by atoms with Gasteiger partial charge in [0.05, 0.1) is 11.1 Å². The maximum absolute atomic E-state index is 13.1. The summed E-state index contributed by atoms with van der Waals surface area (Å²) in [6, 6.07) is 3.55. The predicted molar refractivity (Wildman–Crippen MR) is 77.1 cm³/mol. The van der Waals surface area contributed by atoms with E-state index in [-0.39, 0.29) is 11.6 Å². The number of benzene rings is 1. The maximum Gasteiger partial charge on any atom is 0.417 e. The van der Waals surface area contributed by atoms with Crippen LogP contribution in [0, 0.1) is 0 Å². The first kappa shape index (κ1) is 16.3. The molecule has 3 nitrogen and oxygen atoms in total. The molecule has 1 saturated heterocycles. The number of piperidine rings is 1. The molecule has 0 aliphatic carbocycles. The monoisotopic (exact) mass is 364 g/mol. The first-order chi connectivity index (χ1) is 9.80. The van der Waals surface area contributed by atoms with Crippen LogP contribution >= 0.6 is 15.9 Å². The number of rotatable bonds is 2. The highest BCUT2D eigenvalue weighted by Crippen LogP contribution is 2.34. The van der Waals surface area contributed by atoms with Crippen LogP contribution in [0.5, 0.6) is 0 Å². The van der Waals surface area contributed by atoms with E-state index in [9.17, 15) is 18.0 Å². The molecule has 1 unspecified atom stereocenters. The fourth-order valence-electron chi connectivity index (χ4n) is 2.46. The van der Waals surface area contributed by atoms with Crippen molar-refractivity contribution in [3.8, 4) is 0 Å². The van der Waals surface area contributed by atoms with E-state index in [1.54, 1.807) is 7.05 Å². The number of amides is 1. The molecule has 1 aromatic carbocycles. The Balaban J connectivity index is 2.30. The SMILES string of the molecule is CN(C(=O)c1ccc(Br)cc1C(F)(F)F)C1CCCNC1. The highest BCUT2D eigenvalue weighted by molar-refractivity contribution is 9.10. The number of alkyl halides is 3. The Bertz CT molecular complexity index is 527. The summed E-state index contributed by atoms with van der Waals surface area (Å²) >= 11 is 3.02. The van der Waals surface area contributed by atoms with Crippen molar-refractivity contribution in [3.05, 3.63) is 33.8 Å². The third-order valence-electron chi connectivity index (χ3n) is 3.66. The van der Waals surface area contributed by atoms with Gasteiger partial charge in [0.25, 0.3) is 5.91 Å². The standard InChI is InChI=1S/C14H16BrF3N2O/c1-20(10-3-2-6-19-8-10)13(21)11-5-4-9(15)7-12(11)14(16,17)18/h4-5,7,10,19H,2-3,6,8H2,1H3. The minimum absolute atomic E-state index is 0.0732. The quantitative estimate of drug-likeness (QED) is 0.873. The number of hydrogen-bond acceptors (Lipinski definition) is 2. The first-order valence-electron chi connectivity index (χ1n) is 6.65. The van der Waals surface area contributed by atoms with Gasteiger partial charge in [0.15, 0.2) is 0 Å². The van der Waals surface area contributed by atoms with E-state index in [1.165, 1.54) is 17.0 Å². The molecule has 1 atom stereocenters. The zero-order valence-corrected chi connectivity index (χ0v) is 13.1. The van der Waals surface area contributed by atoms with Gasteiger partial charge >= 0.3 is 6.18 Å². The third-order valence-corrected chi connectivity index (χ3v) is 4.15. The van der Waals surface area contributed by atoms with Crippen molar-refractivity contribution in [2.45, 2.75) is 25.1 Å². The van der Waals surface area contributed by atoms with E-state index >= 15 is 0 Å². The van der Waals surface area contributed by atoms with Crippen LogP contribution in [0.3, 0.4) is 0 Å². The first-order valence-corrected chi connectivity index (χ1v) is 7.44. The second kappa shape index (κ2) is 6.36. The van der Waals surface area contributed by atoms with Crippen LogP contribution in [-0.2, 0) is 6.18 Å². The fourth-order valence-corrected chi connectivity index (χ4v) is 2.82. The van der Waals surface area contributed by atoms with Crippen molar-refractivity contribution >= 4 is 21.8 Å². The molecule has 1 aliphatic heterocycles. The highest BCUT2D eigenvalue weighted by Gasteiger charge is 2.37. The largest absolute Gasteiger partial charge is 0.417 e. The zero-order valence-electron chi connectivity index (χ0n) is 11.5. The topological polar surface area (TPSA) is 32.3 Å². The van der Waals surface area contributed by atoms with Crippen LogP contribution < -0.4 is 5.32 Å². The van der Waals surface area contributed by atoms with Crippen molar-refractivity contribution in [2.75, 3.05) is 20.1 Å². The van der Waals surface area contributed by atoms with Gasteiger partial charge in [-0.2, -0.15) is 13.2 Å². The Labute approximate surface area is 129 Å². The third kappa shape index (κ3) is 3.77. The normalized spacial score (nSPS) is 19.4. The van der Waals surface area contributed by atoms with Crippen LogP contribution in [0.25, 0.3) is 0 Å². The molecule has 2 rings (SSSR count). The molecular weight excluding hydrogens is 349 g/mol. The molecule has 0 saturated carbocycles. The van der Waals surface area contributed by atoms with E-state index in [1.807, 2.05) is 0 Å². The summed E-state index contributed by atoms with van der Waals surface area (Å²) in [5, 5.41) is 3.15. The van der Waals surface area contributed by atoms with Gasteiger partial charge in [0.2, 0.25) is 0 Å². The number of halogens is 4. The average Bonchev–Trinajstić information content (AvgIpc) is 2.45. The molecule has 0 spiro atoms. The molecule has 116 valence electrons. The molecule has 1 amide bonds. The Morgan fingerprint density at radius 2 is 2.14 bits per heavy atom. The van der Waals surface area contributed by atoms with Gasteiger partial charge in [-0.15, -0.1) is 0 Å². The molecule has 1 N–H and O–H groups in total. The van der Waals surface area contributed by atoms with Crippen LogP contribution in [0.1, 0.15) is 28.8 Å². The molecule has 1 heterocycles. The molecule has 21 heavy (non-hydrogen) atoms. The lowest BCUT2D eigenvalue weighted by Gasteiger charge is -2.32. The number of hydrogen-bond donors (Lipinski definition) is 1. The maximum atomic E-state index is 13.1. The number of carbonyl (C=O) groups excluding carboxylic acids is 1. The van der Waals surface area contributed by atoms with Crippen molar-refractivity contribution in [2.24, 2.45) is 0 Å². The molecule has 1 aromatic rings. The van der Waals surface area contributed by atoms with Crippen molar-refractivity contribution in [3.63, 3.8) is 0 Å². The van der Waals surface area contributed by atoms with Gasteiger partial charge in [-0.25, -0.2) is 0 Å². The van der Waals surface area contributed by atoms with Crippen molar-refractivity contribution in [1.29, 1.82) is 0 Å². The summed E-state index contributed by atoms with van der Waals surface area (Å²) < 4.78 is 39.6. The minimum atomic E-state index is -4.56. The van der Waals surface area contributed by atoms with E-state index in [0.29, 0.717) is 11.0 Å². The lowest BCUT2D eigenvalue weighted by molar-refractivity contribution is -0.138. The lowest BCUT2D eigenvalue weighted by atomic mass is 10.0. The molecule has 0 radical (unpaired) electrons. The Morgan fingerprint density at radius 3 is 2.71 bits per heavy atom. The van der Waals surface area contributed by atoms with Crippen molar-refractivity contribution in [1.82, 2.24) is 10.2 Å². The Morgan fingerprint density at radius 1 is 1.43 bits per heavy atom. The van der Waals surface area contributed by atoms with Crippen LogP contribution in [0.2, 0.25) is 0 Å². The van der Waals surface area contributed by atoms with Crippen molar-refractivity contribution < 1.29 is 18.0 Å². The van der Waals surface area contributed by atoms with Gasteiger partial charge in [-0.1, -0.05) is 15.9 Å². The summed E-state index contributed by atoms with van der Waals surface area (Å²) in [6.45, 7) is 1.49. The summed E-state index contributed by atoms with van der Waals surface area (Å²) in [4.78, 5) is 13.8. The zero-order chi connectivity index (χ0) is 15.6. The summed E-state index contributed by atoms with van der Waals surface area (Å²) in [7, 11) is 1.56. The van der Waals surface area contributed by atoms with Gasteiger partial charge in [-0.3, -0.25) is 4.79 Å². The minimum Gasteiger partial charge on any atom is -0.337 e. The summed E-state index contributed by atoms with van der Waals surface area (Å²) in [5.41, 5.74) is -1.21. The molecule has 7 heteroatoms. The second-order valence-electron chi connectivity index (χ2n) is 5.10. The van der Waals surface area contributed by atoms with Crippen LogP contribution in [0.15, 0.2) is 22.7 Å². The smallest absolute Gasteiger partial charge is 0.337 e. The van der Waals surface area contributed by atoms with E-state index < -0.39 is 17.6 Å². The number of nitrogens with one attached hydrogen (secondary N) is 1. The second-order valence-corrected chi connectivity index (χ2v) is 6.02. The number of carbonyl (C=O) groups is 1. The van der Waals surface area contributed by atoms with Crippen LogP contribution in [-0.4, -0.2) is 37.0 Å². The molecular formula is C14H16BrF3N2O.